The lowest BCUT2D eigenvalue weighted by atomic mass is 9.29. The van der Waals surface area contributed by atoms with Gasteiger partial charge in [-0.25, -0.2) is 19.2 Å². The van der Waals surface area contributed by atoms with E-state index in [1.54, 1.807) is 0 Å². The largest absolute Gasteiger partial charge is 0.478 e. The maximum Gasteiger partial charge on any atom is 0.336 e. The summed E-state index contributed by atoms with van der Waals surface area (Å²) in [7, 11) is 0. The van der Waals surface area contributed by atoms with Crippen molar-refractivity contribution in [2.24, 2.45) is 39.4 Å². The van der Waals surface area contributed by atoms with Crippen LogP contribution in [0, 0.1) is 39.4 Å². The molecule has 4 unspecified atom stereocenters. The number of hydrogen-bond donors (Lipinski definition) is 4. The van der Waals surface area contributed by atoms with Gasteiger partial charge >= 0.3 is 23.9 Å². The summed E-state index contributed by atoms with van der Waals surface area (Å²) in [5.74, 6) is -4.87. The SMILES string of the molecule is CC12CC3CC(C)(C1)CC(C14CC5CC(CC(c6c(C(=O)O)c(C(=O)O)cc(C(=O)O)c6C(=O)O)(C5)C1)C4)(C3)C2. The number of carboxylic acids is 4. The van der Waals surface area contributed by atoms with Crippen molar-refractivity contribution >= 4 is 23.9 Å². The van der Waals surface area contributed by atoms with Gasteiger partial charge < -0.3 is 20.4 Å². The summed E-state index contributed by atoms with van der Waals surface area (Å²) >= 11 is 0. The molecule has 8 fully saturated rings. The van der Waals surface area contributed by atoms with Gasteiger partial charge in [-0.1, -0.05) is 13.8 Å². The quantitative estimate of drug-likeness (QED) is 0.322. The molecule has 0 radical (unpaired) electrons. The molecule has 8 saturated carbocycles. The van der Waals surface area contributed by atoms with E-state index in [0.717, 1.165) is 38.2 Å². The molecule has 0 heterocycles. The van der Waals surface area contributed by atoms with Gasteiger partial charge in [-0.15, -0.1) is 0 Å². The highest BCUT2D eigenvalue weighted by molar-refractivity contribution is 6.11. The van der Waals surface area contributed by atoms with Crippen molar-refractivity contribution in [2.75, 3.05) is 0 Å². The van der Waals surface area contributed by atoms with Crippen LogP contribution in [-0.4, -0.2) is 44.3 Å². The second kappa shape index (κ2) is 7.68. The van der Waals surface area contributed by atoms with Gasteiger partial charge in [-0.05, 0) is 134 Å². The minimum Gasteiger partial charge on any atom is -0.478 e. The van der Waals surface area contributed by atoms with Gasteiger partial charge in [0.2, 0.25) is 0 Å². The zero-order chi connectivity index (χ0) is 28.6. The molecule has 0 aromatic heterocycles. The average Bonchev–Trinajstić information content (AvgIpc) is 2.79. The first-order valence-corrected chi connectivity index (χ1v) is 14.8. The van der Waals surface area contributed by atoms with Crippen molar-refractivity contribution in [3.63, 3.8) is 0 Å². The number of rotatable bonds is 6. The van der Waals surface area contributed by atoms with Crippen molar-refractivity contribution in [1.29, 1.82) is 0 Å². The average molecular weight is 551 g/mol. The first kappa shape index (κ1) is 26.0. The third-order valence-corrected chi connectivity index (χ3v) is 12.6. The molecule has 8 aliphatic rings. The second-order valence-corrected chi connectivity index (χ2v) is 15.7. The third kappa shape index (κ3) is 3.31. The molecule has 8 nitrogen and oxygen atoms in total. The zero-order valence-corrected chi connectivity index (χ0v) is 23.2. The highest BCUT2D eigenvalue weighted by atomic mass is 16.4. The molecule has 40 heavy (non-hydrogen) atoms. The predicted octanol–water partition coefficient (Wildman–Crippen LogP) is 6.31. The van der Waals surface area contributed by atoms with Gasteiger partial charge in [0, 0.05) is 0 Å². The Morgan fingerprint density at radius 3 is 1.50 bits per heavy atom. The summed E-state index contributed by atoms with van der Waals surface area (Å²) in [5, 5.41) is 40.8. The number of benzene rings is 1. The van der Waals surface area contributed by atoms with Gasteiger partial charge in [0.25, 0.3) is 0 Å². The lowest BCUT2D eigenvalue weighted by Gasteiger charge is -2.75. The first-order valence-electron chi connectivity index (χ1n) is 14.8. The topological polar surface area (TPSA) is 149 Å². The summed E-state index contributed by atoms with van der Waals surface area (Å²) in [4.78, 5) is 50.2. The van der Waals surface area contributed by atoms with Crippen LogP contribution in [0.3, 0.4) is 0 Å². The van der Waals surface area contributed by atoms with Crippen molar-refractivity contribution in [3.05, 3.63) is 33.9 Å². The monoisotopic (exact) mass is 550 g/mol. The maximum absolute atomic E-state index is 12.8. The predicted molar refractivity (Wildman–Crippen MR) is 143 cm³/mol. The van der Waals surface area contributed by atoms with Gasteiger partial charge in [-0.3, -0.25) is 0 Å². The molecule has 0 spiro atoms. The van der Waals surface area contributed by atoms with E-state index in [1.807, 2.05) is 0 Å². The molecule has 9 rings (SSSR count). The Kier molecular flexibility index (Phi) is 5.00. The van der Waals surface area contributed by atoms with Gasteiger partial charge in [-0.2, -0.15) is 0 Å². The normalized spacial score (nSPS) is 44.1. The van der Waals surface area contributed by atoms with Crippen LogP contribution in [0.4, 0.5) is 0 Å². The summed E-state index contributed by atoms with van der Waals surface area (Å²) in [6.07, 6.45) is 12.1. The molecule has 1 aromatic carbocycles. The van der Waals surface area contributed by atoms with Crippen LogP contribution in [0.5, 0.6) is 0 Å². The molecule has 8 heteroatoms. The van der Waals surface area contributed by atoms with E-state index in [9.17, 15) is 39.6 Å². The second-order valence-electron chi connectivity index (χ2n) is 15.7. The molecule has 8 aliphatic carbocycles. The van der Waals surface area contributed by atoms with E-state index in [0.29, 0.717) is 37.0 Å². The minimum absolute atomic E-state index is 0.0366. The van der Waals surface area contributed by atoms with Crippen molar-refractivity contribution in [2.45, 2.75) is 96.3 Å². The molecular formula is C32H38O8. The molecule has 0 amide bonds. The van der Waals surface area contributed by atoms with Crippen LogP contribution in [-0.2, 0) is 5.41 Å². The Labute approximate surface area is 233 Å². The van der Waals surface area contributed by atoms with E-state index in [2.05, 4.69) is 13.8 Å². The fourth-order valence-electron chi connectivity index (χ4n) is 13.2. The summed E-state index contributed by atoms with van der Waals surface area (Å²) in [5.41, 5.74) is -2.65. The zero-order valence-electron chi connectivity index (χ0n) is 23.2. The molecule has 8 bridgehead atoms. The van der Waals surface area contributed by atoms with Gasteiger partial charge in [0.15, 0.2) is 0 Å². The summed E-state index contributed by atoms with van der Waals surface area (Å²) in [6, 6.07) is 0.734. The van der Waals surface area contributed by atoms with Crippen LogP contribution < -0.4 is 0 Å². The molecule has 4 atom stereocenters. The standard InChI is InChI=1S/C32H38O8/c1-28-5-18-6-29(2,12-28)14-32(11-18,13-28)31-9-16-3-17(10-31)8-30(7-16,15-31)23-21(26(37)38)19(24(33)34)4-20(25(35)36)22(23)27(39)40/h4,16-18H,3,5-15H2,1-2H3,(H,33,34)(H,35,36)(H,37,38)(H,39,40). The lowest BCUT2D eigenvalue weighted by Crippen LogP contribution is -2.66. The van der Waals surface area contributed by atoms with E-state index in [1.165, 1.54) is 25.7 Å². The Balaban J connectivity index is 1.47. The van der Waals surface area contributed by atoms with Crippen molar-refractivity contribution in [3.8, 4) is 0 Å². The van der Waals surface area contributed by atoms with E-state index in [-0.39, 0.29) is 27.2 Å². The number of carbonyl (C=O) groups is 4. The summed E-state index contributed by atoms with van der Waals surface area (Å²) in [6.45, 7) is 4.89. The Morgan fingerprint density at radius 1 is 0.600 bits per heavy atom. The van der Waals surface area contributed by atoms with Crippen LogP contribution in [0.2, 0.25) is 0 Å². The third-order valence-electron chi connectivity index (χ3n) is 12.6. The van der Waals surface area contributed by atoms with Crippen LogP contribution in [0.1, 0.15) is 138 Å². The van der Waals surface area contributed by atoms with Crippen LogP contribution in [0.15, 0.2) is 6.07 Å². The van der Waals surface area contributed by atoms with Crippen LogP contribution in [0.25, 0.3) is 0 Å². The molecule has 0 aliphatic heterocycles. The Bertz CT molecular complexity index is 1320. The molecule has 214 valence electrons. The number of hydrogen-bond acceptors (Lipinski definition) is 4. The van der Waals surface area contributed by atoms with Crippen molar-refractivity contribution < 1.29 is 39.6 Å². The van der Waals surface area contributed by atoms with E-state index < -0.39 is 51.5 Å². The fourth-order valence-corrected chi connectivity index (χ4v) is 13.2. The first-order chi connectivity index (χ1) is 18.6. The minimum atomic E-state index is -1.56. The number of aromatic carboxylic acids is 4. The van der Waals surface area contributed by atoms with Crippen molar-refractivity contribution in [1.82, 2.24) is 0 Å². The van der Waals surface area contributed by atoms with Crippen LogP contribution >= 0.6 is 0 Å². The molecule has 1 aromatic rings. The summed E-state index contributed by atoms with van der Waals surface area (Å²) < 4.78 is 0. The smallest absolute Gasteiger partial charge is 0.336 e. The highest BCUT2D eigenvalue weighted by Crippen LogP contribution is 2.80. The molecular weight excluding hydrogens is 512 g/mol. The van der Waals surface area contributed by atoms with Gasteiger partial charge in [0.05, 0.1) is 22.3 Å². The van der Waals surface area contributed by atoms with E-state index >= 15 is 0 Å². The molecule has 4 N–H and O–H groups in total. The Hall–Kier alpha value is -2.90. The molecule has 0 saturated heterocycles. The maximum atomic E-state index is 12.8. The van der Waals surface area contributed by atoms with Gasteiger partial charge in [0.1, 0.15) is 0 Å². The lowest BCUT2D eigenvalue weighted by molar-refractivity contribution is -0.242. The highest BCUT2D eigenvalue weighted by Gasteiger charge is 2.71. The fraction of sp³-hybridized carbons (Fsp3) is 0.688. The Morgan fingerprint density at radius 2 is 1.07 bits per heavy atom. The van der Waals surface area contributed by atoms with E-state index in [4.69, 9.17) is 0 Å². The number of carboxylic acid groups (broad SMARTS) is 4.